The van der Waals surface area contributed by atoms with E-state index in [1.54, 1.807) is 30.6 Å². The Labute approximate surface area is 106 Å². The second-order valence-corrected chi connectivity index (χ2v) is 3.97. The second kappa shape index (κ2) is 5.31. The van der Waals surface area contributed by atoms with E-state index in [9.17, 15) is 4.79 Å². The van der Waals surface area contributed by atoms with Gasteiger partial charge in [-0.25, -0.2) is 0 Å². The van der Waals surface area contributed by atoms with Crippen molar-refractivity contribution in [3.63, 3.8) is 0 Å². The minimum atomic E-state index is -0.119. The highest BCUT2D eigenvalue weighted by Crippen LogP contribution is 2.14. The standard InChI is InChI=1S/C14H15N3O/c1-10-9-16-8-7-13(10)17-14(18)11-3-5-12(15-2)6-4-11/h3-9,15H,1-2H3,(H,16,17,18). The molecule has 0 aliphatic carbocycles. The monoisotopic (exact) mass is 241 g/mol. The van der Waals surface area contributed by atoms with E-state index >= 15 is 0 Å². The van der Waals surface area contributed by atoms with Gasteiger partial charge in [-0.15, -0.1) is 0 Å². The molecular formula is C14H15N3O. The van der Waals surface area contributed by atoms with E-state index in [0.717, 1.165) is 16.9 Å². The predicted octanol–water partition coefficient (Wildman–Crippen LogP) is 2.68. The first-order chi connectivity index (χ1) is 8.70. The van der Waals surface area contributed by atoms with Crippen LogP contribution in [0.5, 0.6) is 0 Å². The Morgan fingerprint density at radius 3 is 2.50 bits per heavy atom. The largest absolute Gasteiger partial charge is 0.388 e. The summed E-state index contributed by atoms with van der Waals surface area (Å²) >= 11 is 0. The van der Waals surface area contributed by atoms with Crippen molar-refractivity contribution in [3.05, 3.63) is 53.9 Å². The summed E-state index contributed by atoms with van der Waals surface area (Å²) in [5, 5.41) is 5.88. The van der Waals surface area contributed by atoms with Crippen LogP contribution >= 0.6 is 0 Å². The number of aryl methyl sites for hydroxylation is 1. The van der Waals surface area contributed by atoms with E-state index in [4.69, 9.17) is 0 Å². The van der Waals surface area contributed by atoms with Crippen molar-refractivity contribution >= 4 is 17.3 Å². The molecule has 0 atom stereocenters. The molecule has 0 saturated carbocycles. The smallest absolute Gasteiger partial charge is 0.255 e. The topological polar surface area (TPSA) is 54.0 Å². The van der Waals surface area contributed by atoms with Crippen LogP contribution in [0, 0.1) is 6.92 Å². The number of nitrogens with one attached hydrogen (secondary N) is 2. The highest BCUT2D eigenvalue weighted by atomic mass is 16.1. The minimum absolute atomic E-state index is 0.119. The normalized spacial score (nSPS) is 9.89. The van der Waals surface area contributed by atoms with E-state index in [1.807, 2.05) is 26.1 Å². The predicted molar refractivity (Wildman–Crippen MR) is 72.9 cm³/mol. The lowest BCUT2D eigenvalue weighted by Crippen LogP contribution is -2.12. The maximum Gasteiger partial charge on any atom is 0.255 e. The van der Waals surface area contributed by atoms with Gasteiger partial charge in [-0.05, 0) is 42.8 Å². The summed E-state index contributed by atoms with van der Waals surface area (Å²) in [4.78, 5) is 16.0. The molecule has 0 spiro atoms. The molecule has 0 radical (unpaired) electrons. The van der Waals surface area contributed by atoms with Gasteiger partial charge in [0.2, 0.25) is 0 Å². The number of pyridine rings is 1. The van der Waals surface area contributed by atoms with Crippen LogP contribution < -0.4 is 10.6 Å². The SMILES string of the molecule is CNc1ccc(C(=O)Nc2ccncc2C)cc1. The van der Waals surface area contributed by atoms with Gasteiger partial charge in [-0.1, -0.05) is 0 Å². The summed E-state index contributed by atoms with van der Waals surface area (Å²) in [6.45, 7) is 1.91. The molecule has 0 aliphatic rings. The maximum atomic E-state index is 12.0. The van der Waals surface area contributed by atoms with Crippen molar-refractivity contribution in [1.82, 2.24) is 4.98 Å². The number of carbonyl (C=O) groups is 1. The van der Waals surface area contributed by atoms with Gasteiger partial charge in [0.1, 0.15) is 0 Å². The Morgan fingerprint density at radius 2 is 1.89 bits per heavy atom. The van der Waals surface area contributed by atoms with E-state index in [0.29, 0.717) is 5.56 Å². The van der Waals surface area contributed by atoms with Crippen LogP contribution in [0.2, 0.25) is 0 Å². The summed E-state index contributed by atoms with van der Waals surface area (Å²) < 4.78 is 0. The Balaban J connectivity index is 2.14. The van der Waals surface area contributed by atoms with Gasteiger partial charge in [-0.2, -0.15) is 0 Å². The number of benzene rings is 1. The summed E-state index contributed by atoms with van der Waals surface area (Å²) in [6, 6.07) is 9.10. The fourth-order valence-corrected chi connectivity index (χ4v) is 1.60. The molecule has 1 aromatic carbocycles. The third-order valence-corrected chi connectivity index (χ3v) is 2.70. The first-order valence-electron chi connectivity index (χ1n) is 5.70. The third-order valence-electron chi connectivity index (χ3n) is 2.70. The Kier molecular flexibility index (Phi) is 3.57. The van der Waals surface area contributed by atoms with Crippen LogP contribution in [-0.4, -0.2) is 17.9 Å². The quantitative estimate of drug-likeness (QED) is 0.868. The molecule has 1 amide bonds. The number of hydrogen-bond donors (Lipinski definition) is 2. The molecule has 0 unspecified atom stereocenters. The van der Waals surface area contributed by atoms with Gasteiger partial charge < -0.3 is 10.6 Å². The van der Waals surface area contributed by atoms with Crippen molar-refractivity contribution in [2.24, 2.45) is 0 Å². The average molecular weight is 241 g/mol. The van der Waals surface area contributed by atoms with E-state index in [-0.39, 0.29) is 5.91 Å². The van der Waals surface area contributed by atoms with Crippen LogP contribution in [-0.2, 0) is 0 Å². The van der Waals surface area contributed by atoms with Crippen LogP contribution in [0.1, 0.15) is 15.9 Å². The third kappa shape index (κ3) is 2.66. The van der Waals surface area contributed by atoms with E-state index in [2.05, 4.69) is 15.6 Å². The van der Waals surface area contributed by atoms with Gasteiger partial charge in [0.15, 0.2) is 0 Å². The number of rotatable bonds is 3. The van der Waals surface area contributed by atoms with Gasteiger partial charge in [0, 0.05) is 36.4 Å². The first kappa shape index (κ1) is 12.1. The number of nitrogens with zero attached hydrogens (tertiary/aromatic N) is 1. The zero-order valence-electron chi connectivity index (χ0n) is 10.4. The highest BCUT2D eigenvalue weighted by Gasteiger charge is 2.07. The maximum absolute atomic E-state index is 12.0. The molecular weight excluding hydrogens is 226 g/mol. The molecule has 0 saturated heterocycles. The van der Waals surface area contributed by atoms with Gasteiger partial charge >= 0.3 is 0 Å². The molecule has 2 N–H and O–H groups in total. The van der Waals surface area contributed by atoms with Crippen LogP contribution in [0.4, 0.5) is 11.4 Å². The number of amides is 1. The van der Waals surface area contributed by atoms with E-state index < -0.39 is 0 Å². The Hall–Kier alpha value is -2.36. The molecule has 4 heteroatoms. The molecule has 0 aliphatic heterocycles. The van der Waals surface area contributed by atoms with Crippen molar-refractivity contribution in [3.8, 4) is 0 Å². The number of hydrogen-bond acceptors (Lipinski definition) is 3. The summed E-state index contributed by atoms with van der Waals surface area (Å²) in [5.74, 6) is -0.119. The van der Waals surface area contributed by atoms with Crippen molar-refractivity contribution < 1.29 is 4.79 Å². The first-order valence-corrected chi connectivity index (χ1v) is 5.70. The number of carbonyl (C=O) groups excluding carboxylic acids is 1. The summed E-state index contributed by atoms with van der Waals surface area (Å²) in [6.07, 6.45) is 3.38. The van der Waals surface area contributed by atoms with Crippen LogP contribution in [0.15, 0.2) is 42.7 Å². The van der Waals surface area contributed by atoms with Gasteiger partial charge in [0.25, 0.3) is 5.91 Å². The van der Waals surface area contributed by atoms with Crippen LogP contribution in [0.3, 0.4) is 0 Å². The summed E-state index contributed by atoms with van der Waals surface area (Å²) in [7, 11) is 1.84. The van der Waals surface area contributed by atoms with Crippen LogP contribution in [0.25, 0.3) is 0 Å². The van der Waals surface area contributed by atoms with Gasteiger partial charge in [0.05, 0.1) is 0 Å². The second-order valence-electron chi connectivity index (χ2n) is 3.97. The van der Waals surface area contributed by atoms with Crippen molar-refractivity contribution in [1.29, 1.82) is 0 Å². The number of anilines is 2. The molecule has 4 nitrogen and oxygen atoms in total. The number of aromatic nitrogens is 1. The average Bonchev–Trinajstić information content (AvgIpc) is 2.41. The lowest BCUT2D eigenvalue weighted by atomic mass is 10.2. The minimum Gasteiger partial charge on any atom is -0.388 e. The molecule has 2 aromatic rings. The highest BCUT2D eigenvalue weighted by molar-refractivity contribution is 6.04. The van der Waals surface area contributed by atoms with Crippen molar-refractivity contribution in [2.75, 3.05) is 17.7 Å². The van der Waals surface area contributed by atoms with Gasteiger partial charge in [-0.3, -0.25) is 9.78 Å². The fraction of sp³-hybridized carbons (Fsp3) is 0.143. The lowest BCUT2D eigenvalue weighted by Gasteiger charge is -2.08. The molecule has 0 fully saturated rings. The zero-order chi connectivity index (χ0) is 13.0. The molecule has 1 heterocycles. The lowest BCUT2D eigenvalue weighted by molar-refractivity contribution is 0.102. The Morgan fingerprint density at radius 1 is 1.17 bits per heavy atom. The fourth-order valence-electron chi connectivity index (χ4n) is 1.60. The Bertz CT molecular complexity index is 549. The van der Waals surface area contributed by atoms with Crippen molar-refractivity contribution in [2.45, 2.75) is 6.92 Å². The molecule has 1 aromatic heterocycles. The summed E-state index contributed by atoms with van der Waals surface area (Å²) in [5.41, 5.74) is 3.34. The molecule has 92 valence electrons. The zero-order valence-corrected chi connectivity index (χ0v) is 10.4. The molecule has 0 bridgehead atoms. The van der Waals surface area contributed by atoms with E-state index in [1.165, 1.54) is 0 Å². The molecule has 18 heavy (non-hydrogen) atoms. The molecule has 2 rings (SSSR count).